The molecule has 0 amide bonds. The number of rotatable bonds is 6. The van der Waals surface area contributed by atoms with Gasteiger partial charge in [0.05, 0.1) is 32.6 Å². The molecule has 3 rings (SSSR count). The topological polar surface area (TPSA) is 93.3 Å². The fourth-order valence-corrected chi connectivity index (χ4v) is 3.33. The minimum Gasteiger partial charge on any atom is -0.294 e. The Morgan fingerprint density at radius 1 is 1.21 bits per heavy atom. The average Bonchev–Trinajstić information content (AvgIpc) is 3.01. The molecular formula is C20H18Cl2N4O3. The molecule has 2 aromatic carbocycles. The highest BCUT2D eigenvalue weighted by Crippen LogP contribution is 2.29. The number of nitro benzene ring substituents is 1. The normalized spacial score (nSPS) is 11.7. The van der Waals surface area contributed by atoms with Crippen LogP contribution in [0.15, 0.2) is 52.3 Å². The van der Waals surface area contributed by atoms with Crippen molar-refractivity contribution in [3.63, 3.8) is 0 Å². The second kappa shape index (κ2) is 8.63. The molecule has 9 heteroatoms. The van der Waals surface area contributed by atoms with Crippen LogP contribution < -0.4 is 5.56 Å². The van der Waals surface area contributed by atoms with Crippen molar-refractivity contribution >= 4 is 40.3 Å². The van der Waals surface area contributed by atoms with E-state index in [1.165, 1.54) is 28.9 Å². The van der Waals surface area contributed by atoms with Crippen LogP contribution in [-0.4, -0.2) is 20.4 Å². The van der Waals surface area contributed by atoms with Crippen LogP contribution in [0, 0.1) is 10.1 Å². The number of hydrogen-bond donors (Lipinski definition) is 1. The van der Waals surface area contributed by atoms with Gasteiger partial charge >= 0.3 is 0 Å². The third kappa shape index (κ3) is 4.41. The van der Waals surface area contributed by atoms with Crippen LogP contribution in [0.4, 0.5) is 11.4 Å². The van der Waals surface area contributed by atoms with Gasteiger partial charge in [0.25, 0.3) is 11.2 Å². The van der Waals surface area contributed by atoms with Crippen molar-refractivity contribution in [2.24, 2.45) is 4.99 Å². The van der Waals surface area contributed by atoms with E-state index < -0.39 is 4.92 Å². The van der Waals surface area contributed by atoms with E-state index in [-0.39, 0.29) is 11.2 Å². The number of halogens is 2. The van der Waals surface area contributed by atoms with Crippen molar-refractivity contribution in [1.29, 1.82) is 0 Å². The number of nitro groups is 1. The summed E-state index contributed by atoms with van der Waals surface area (Å²) in [4.78, 5) is 28.0. The van der Waals surface area contributed by atoms with Crippen molar-refractivity contribution in [3.8, 4) is 5.69 Å². The van der Waals surface area contributed by atoms with Crippen molar-refractivity contribution in [2.75, 3.05) is 0 Å². The largest absolute Gasteiger partial charge is 0.294 e. The number of non-ortho nitro benzene ring substituents is 1. The lowest BCUT2D eigenvalue weighted by molar-refractivity contribution is -0.384. The van der Waals surface area contributed by atoms with Crippen molar-refractivity contribution < 1.29 is 4.92 Å². The maximum absolute atomic E-state index is 13.1. The van der Waals surface area contributed by atoms with E-state index >= 15 is 0 Å². The van der Waals surface area contributed by atoms with E-state index in [9.17, 15) is 14.9 Å². The first-order valence-electron chi connectivity index (χ1n) is 8.91. The van der Waals surface area contributed by atoms with E-state index in [1.54, 1.807) is 25.1 Å². The standard InChI is InChI=1S/C20H18Cl2N4O3/c1-3-4-17-19(12(2)23-18-11-13(21)5-10-16(18)22)20(27)25(24-17)14-6-8-15(9-7-14)26(28)29/h5-11,24H,3-4H2,1-2H3. The summed E-state index contributed by atoms with van der Waals surface area (Å²) in [6, 6.07) is 10.7. The SMILES string of the molecule is CCCc1[nH]n(-c2ccc([N+](=O)[O-])cc2)c(=O)c1C(C)=Nc1cc(Cl)ccc1Cl. The Labute approximate surface area is 176 Å². The van der Waals surface area contributed by atoms with Gasteiger partial charge in [-0.25, -0.2) is 4.68 Å². The third-order valence-corrected chi connectivity index (χ3v) is 4.90. The number of benzene rings is 2. The molecule has 1 aromatic heterocycles. The van der Waals surface area contributed by atoms with Crippen LogP contribution in [0.1, 0.15) is 31.5 Å². The molecule has 0 saturated carbocycles. The fourth-order valence-electron chi connectivity index (χ4n) is 3.00. The van der Waals surface area contributed by atoms with E-state index in [1.807, 2.05) is 6.92 Å². The maximum atomic E-state index is 13.1. The van der Waals surface area contributed by atoms with Crippen LogP contribution >= 0.6 is 23.2 Å². The summed E-state index contributed by atoms with van der Waals surface area (Å²) in [5.74, 6) is 0. The summed E-state index contributed by atoms with van der Waals surface area (Å²) in [5, 5.41) is 14.9. The fraction of sp³-hybridized carbons (Fsp3) is 0.200. The third-order valence-electron chi connectivity index (χ3n) is 4.34. The molecule has 29 heavy (non-hydrogen) atoms. The zero-order valence-electron chi connectivity index (χ0n) is 15.8. The van der Waals surface area contributed by atoms with Crippen molar-refractivity contribution in [2.45, 2.75) is 26.7 Å². The van der Waals surface area contributed by atoms with E-state index in [2.05, 4.69) is 10.1 Å². The van der Waals surface area contributed by atoms with Gasteiger partial charge in [-0.2, -0.15) is 0 Å². The summed E-state index contributed by atoms with van der Waals surface area (Å²) < 4.78 is 1.36. The Hall–Kier alpha value is -2.90. The van der Waals surface area contributed by atoms with Gasteiger partial charge in [0.2, 0.25) is 0 Å². The molecule has 150 valence electrons. The second-order valence-corrected chi connectivity index (χ2v) is 7.27. The zero-order valence-corrected chi connectivity index (χ0v) is 17.3. The summed E-state index contributed by atoms with van der Waals surface area (Å²) in [6.45, 7) is 3.74. The van der Waals surface area contributed by atoms with Gasteiger partial charge in [-0.15, -0.1) is 0 Å². The number of nitrogens with one attached hydrogen (secondary N) is 1. The van der Waals surface area contributed by atoms with Gasteiger partial charge in [0.15, 0.2) is 0 Å². The summed E-state index contributed by atoms with van der Waals surface area (Å²) in [7, 11) is 0. The Balaban J connectivity index is 2.11. The highest BCUT2D eigenvalue weighted by molar-refractivity contribution is 6.35. The lowest BCUT2D eigenvalue weighted by Gasteiger charge is -2.03. The molecule has 0 unspecified atom stereocenters. The Morgan fingerprint density at radius 2 is 1.90 bits per heavy atom. The minimum atomic E-state index is -0.485. The smallest absolute Gasteiger partial charge is 0.280 e. The number of aliphatic imine (C=N–C) groups is 1. The molecule has 0 fully saturated rings. The first-order chi connectivity index (χ1) is 13.8. The first-order valence-corrected chi connectivity index (χ1v) is 9.66. The zero-order chi connectivity index (χ0) is 21.1. The highest BCUT2D eigenvalue weighted by Gasteiger charge is 2.18. The van der Waals surface area contributed by atoms with E-state index in [0.29, 0.717) is 39.1 Å². The summed E-state index contributed by atoms with van der Waals surface area (Å²) in [6.07, 6.45) is 1.46. The van der Waals surface area contributed by atoms with Crippen molar-refractivity contribution in [1.82, 2.24) is 9.78 Å². The average molecular weight is 433 g/mol. The van der Waals surface area contributed by atoms with E-state index in [0.717, 1.165) is 12.1 Å². The van der Waals surface area contributed by atoms with Gasteiger partial charge in [-0.1, -0.05) is 36.5 Å². The molecule has 0 aliphatic carbocycles. The van der Waals surface area contributed by atoms with Gasteiger partial charge in [0, 0.05) is 22.8 Å². The van der Waals surface area contributed by atoms with Gasteiger partial charge < -0.3 is 0 Å². The van der Waals surface area contributed by atoms with Gasteiger partial charge in [0.1, 0.15) is 0 Å². The number of aryl methyl sites for hydroxylation is 1. The second-order valence-electron chi connectivity index (χ2n) is 6.42. The molecule has 0 aliphatic rings. The number of H-pyrrole nitrogens is 1. The Morgan fingerprint density at radius 3 is 2.52 bits per heavy atom. The molecule has 0 atom stereocenters. The molecule has 1 N–H and O–H groups in total. The molecule has 1 heterocycles. The Kier molecular flexibility index (Phi) is 6.20. The van der Waals surface area contributed by atoms with Crippen LogP contribution in [0.3, 0.4) is 0 Å². The summed E-state index contributed by atoms with van der Waals surface area (Å²) >= 11 is 12.2. The molecule has 3 aromatic rings. The highest BCUT2D eigenvalue weighted by atomic mass is 35.5. The molecule has 0 saturated heterocycles. The Bertz CT molecular complexity index is 1150. The molecule has 0 spiro atoms. The monoisotopic (exact) mass is 432 g/mol. The molecule has 0 radical (unpaired) electrons. The molecule has 7 nitrogen and oxygen atoms in total. The van der Waals surface area contributed by atoms with Crippen LogP contribution in [-0.2, 0) is 6.42 Å². The number of nitrogens with zero attached hydrogens (tertiary/aromatic N) is 3. The van der Waals surface area contributed by atoms with Crippen LogP contribution in [0.5, 0.6) is 0 Å². The molecule has 0 bridgehead atoms. The van der Waals surface area contributed by atoms with Crippen molar-refractivity contribution in [3.05, 3.63) is 84.2 Å². The predicted molar refractivity (Wildman–Crippen MR) is 115 cm³/mol. The van der Waals surface area contributed by atoms with Gasteiger partial charge in [-0.3, -0.25) is 25.0 Å². The minimum absolute atomic E-state index is 0.0456. The maximum Gasteiger partial charge on any atom is 0.280 e. The van der Waals surface area contributed by atoms with Crippen LogP contribution in [0.2, 0.25) is 10.0 Å². The predicted octanol–water partition coefficient (Wildman–Crippen LogP) is 5.47. The first kappa shape index (κ1) is 20.8. The van der Waals surface area contributed by atoms with E-state index in [4.69, 9.17) is 23.2 Å². The quantitative estimate of drug-likeness (QED) is 0.317. The number of aromatic amines is 1. The summed E-state index contributed by atoms with van der Waals surface area (Å²) in [5.41, 5.74) is 2.31. The van der Waals surface area contributed by atoms with Gasteiger partial charge in [-0.05, 0) is 43.7 Å². The number of aromatic nitrogens is 2. The lowest BCUT2D eigenvalue weighted by Crippen LogP contribution is -2.19. The molecular weight excluding hydrogens is 415 g/mol. The number of hydrogen-bond acceptors (Lipinski definition) is 4. The molecule has 0 aliphatic heterocycles. The lowest BCUT2D eigenvalue weighted by atomic mass is 10.1. The van der Waals surface area contributed by atoms with Crippen LogP contribution in [0.25, 0.3) is 5.69 Å².